The number of likely N-dealkylation sites (N-methyl/N-ethyl adjacent to an activating group) is 1. The van der Waals surface area contributed by atoms with Crippen molar-refractivity contribution in [3.8, 4) is 0 Å². The molecule has 1 heterocycles. The molecule has 27 heavy (non-hydrogen) atoms. The third-order valence-electron chi connectivity index (χ3n) is 6.46. The lowest BCUT2D eigenvalue weighted by Gasteiger charge is -2.32. The Hall–Kier alpha value is -0.630. The maximum Gasteiger partial charge on any atom is 0.198 e. The standard InChI is InChI=1S/C25H49N2/c1-4-7-8-9-10-11-12-13-14-15-16-17-18-19-20-21-25-26-22-24-27(25,6-3)23-5-2/h5H,2,4,6-24H2,1,3H3/q+1. The van der Waals surface area contributed by atoms with E-state index in [9.17, 15) is 0 Å². The fourth-order valence-corrected chi connectivity index (χ4v) is 4.53. The van der Waals surface area contributed by atoms with Crippen LogP contribution in [0.1, 0.15) is 117 Å². The van der Waals surface area contributed by atoms with Gasteiger partial charge in [-0.25, -0.2) is 4.99 Å². The average Bonchev–Trinajstić information content (AvgIpc) is 3.08. The summed E-state index contributed by atoms with van der Waals surface area (Å²) in [6.07, 6.45) is 24.8. The highest BCUT2D eigenvalue weighted by molar-refractivity contribution is 5.76. The Morgan fingerprint density at radius 1 is 0.778 bits per heavy atom. The maximum absolute atomic E-state index is 4.82. The van der Waals surface area contributed by atoms with Gasteiger partial charge in [-0.1, -0.05) is 103 Å². The first-order valence-corrected chi connectivity index (χ1v) is 12.3. The molecular weight excluding hydrogens is 328 g/mol. The highest BCUT2D eigenvalue weighted by atomic mass is 15.4. The lowest BCUT2D eigenvalue weighted by molar-refractivity contribution is -0.828. The lowest BCUT2D eigenvalue weighted by Crippen LogP contribution is -2.50. The fraction of sp³-hybridized carbons (Fsp3) is 0.880. The van der Waals surface area contributed by atoms with Gasteiger partial charge in [0.1, 0.15) is 13.1 Å². The second-order valence-corrected chi connectivity index (χ2v) is 8.65. The van der Waals surface area contributed by atoms with Crippen LogP contribution >= 0.6 is 0 Å². The second kappa shape index (κ2) is 16.3. The highest BCUT2D eigenvalue weighted by Crippen LogP contribution is 2.20. The number of hydrogen-bond acceptors (Lipinski definition) is 1. The van der Waals surface area contributed by atoms with Gasteiger partial charge in [-0.05, 0) is 19.4 Å². The predicted octanol–water partition coefficient (Wildman–Crippen LogP) is 7.68. The summed E-state index contributed by atoms with van der Waals surface area (Å²) in [4.78, 5) is 4.82. The molecule has 1 atom stereocenters. The number of rotatable bonds is 19. The molecule has 1 rings (SSSR count). The molecule has 0 spiro atoms. The number of quaternary nitrogens is 1. The summed E-state index contributed by atoms with van der Waals surface area (Å²) in [5, 5.41) is 0. The molecule has 0 radical (unpaired) electrons. The summed E-state index contributed by atoms with van der Waals surface area (Å²) >= 11 is 0. The molecule has 0 aromatic carbocycles. The van der Waals surface area contributed by atoms with Crippen molar-refractivity contribution in [1.82, 2.24) is 0 Å². The van der Waals surface area contributed by atoms with Gasteiger partial charge in [0.25, 0.3) is 0 Å². The molecule has 0 aromatic heterocycles. The maximum atomic E-state index is 4.82. The Morgan fingerprint density at radius 3 is 1.70 bits per heavy atom. The van der Waals surface area contributed by atoms with Gasteiger partial charge in [0.05, 0.1) is 13.1 Å². The van der Waals surface area contributed by atoms with E-state index in [4.69, 9.17) is 4.99 Å². The van der Waals surface area contributed by atoms with E-state index in [0.717, 1.165) is 17.6 Å². The zero-order valence-electron chi connectivity index (χ0n) is 18.8. The van der Waals surface area contributed by atoms with Crippen molar-refractivity contribution in [3.63, 3.8) is 0 Å². The van der Waals surface area contributed by atoms with Gasteiger partial charge < -0.3 is 0 Å². The quantitative estimate of drug-likeness (QED) is 0.124. The van der Waals surface area contributed by atoms with Crippen molar-refractivity contribution in [2.45, 2.75) is 117 Å². The van der Waals surface area contributed by atoms with Crippen LogP contribution in [0.4, 0.5) is 0 Å². The smallest absolute Gasteiger partial charge is 0.198 e. The van der Waals surface area contributed by atoms with E-state index in [1.54, 1.807) is 0 Å². The Morgan fingerprint density at radius 2 is 1.26 bits per heavy atom. The summed E-state index contributed by atoms with van der Waals surface area (Å²) in [6, 6.07) is 0. The molecule has 0 aliphatic carbocycles. The van der Waals surface area contributed by atoms with Crippen LogP contribution < -0.4 is 0 Å². The Labute approximate surface area is 171 Å². The third kappa shape index (κ3) is 10.5. The van der Waals surface area contributed by atoms with Crippen molar-refractivity contribution < 1.29 is 4.48 Å². The molecule has 0 aromatic rings. The van der Waals surface area contributed by atoms with Crippen LogP contribution in [-0.2, 0) is 0 Å². The van der Waals surface area contributed by atoms with Gasteiger partial charge in [0, 0.05) is 6.42 Å². The zero-order valence-corrected chi connectivity index (χ0v) is 18.8. The van der Waals surface area contributed by atoms with Crippen LogP contribution in [-0.4, -0.2) is 36.5 Å². The molecule has 2 heteroatoms. The third-order valence-corrected chi connectivity index (χ3v) is 6.46. The SMILES string of the molecule is C=CC[N+]1(CC)CCN=C1CCCCCCCCCCCCCCCCC. The van der Waals surface area contributed by atoms with Crippen LogP contribution in [0.5, 0.6) is 0 Å². The number of nitrogens with zero attached hydrogens (tertiary/aromatic N) is 2. The Kier molecular flexibility index (Phi) is 14.8. The summed E-state index contributed by atoms with van der Waals surface area (Å²) < 4.78 is 1.09. The van der Waals surface area contributed by atoms with Crippen LogP contribution in [0, 0.1) is 0 Å². The van der Waals surface area contributed by atoms with Crippen LogP contribution in [0.3, 0.4) is 0 Å². The molecule has 158 valence electrons. The van der Waals surface area contributed by atoms with Gasteiger partial charge in [-0.3, -0.25) is 4.48 Å². The minimum absolute atomic E-state index is 1.02. The molecule has 0 bridgehead atoms. The first-order chi connectivity index (χ1) is 13.3. The first kappa shape index (κ1) is 24.4. The van der Waals surface area contributed by atoms with Crippen molar-refractivity contribution in [2.75, 3.05) is 26.2 Å². The van der Waals surface area contributed by atoms with Gasteiger partial charge in [0.2, 0.25) is 0 Å². The molecular formula is C25H49N2+. The van der Waals surface area contributed by atoms with Gasteiger partial charge >= 0.3 is 0 Å². The number of amidine groups is 1. The molecule has 0 N–H and O–H groups in total. The summed E-state index contributed by atoms with van der Waals surface area (Å²) in [5.41, 5.74) is 0. The van der Waals surface area contributed by atoms with E-state index < -0.39 is 0 Å². The summed E-state index contributed by atoms with van der Waals surface area (Å²) in [7, 11) is 0. The number of aliphatic imine (C=N–C) groups is 1. The largest absolute Gasteiger partial charge is 0.274 e. The highest BCUT2D eigenvalue weighted by Gasteiger charge is 2.34. The molecule has 0 amide bonds. The molecule has 1 aliphatic rings. The molecule has 0 saturated heterocycles. The second-order valence-electron chi connectivity index (χ2n) is 8.65. The fourth-order valence-electron chi connectivity index (χ4n) is 4.53. The summed E-state index contributed by atoms with van der Waals surface area (Å²) in [5.74, 6) is 1.45. The summed E-state index contributed by atoms with van der Waals surface area (Å²) in [6.45, 7) is 13.0. The van der Waals surface area contributed by atoms with E-state index in [2.05, 4.69) is 26.5 Å². The van der Waals surface area contributed by atoms with E-state index in [-0.39, 0.29) is 0 Å². The average molecular weight is 378 g/mol. The van der Waals surface area contributed by atoms with Crippen molar-refractivity contribution in [3.05, 3.63) is 12.7 Å². The minimum Gasteiger partial charge on any atom is -0.274 e. The molecule has 2 nitrogen and oxygen atoms in total. The monoisotopic (exact) mass is 377 g/mol. The lowest BCUT2D eigenvalue weighted by atomic mass is 10.0. The Balaban J connectivity index is 1.89. The number of unbranched alkanes of at least 4 members (excludes halogenated alkanes) is 14. The van der Waals surface area contributed by atoms with Crippen LogP contribution in [0.15, 0.2) is 17.6 Å². The molecule has 0 fully saturated rings. The molecule has 1 aliphatic heterocycles. The predicted molar refractivity (Wildman–Crippen MR) is 123 cm³/mol. The minimum atomic E-state index is 1.02. The van der Waals surface area contributed by atoms with Gasteiger partial charge in [-0.2, -0.15) is 0 Å². The van der Waals surface area contributed by atoms with Crippen LogP contribution in [0.25, 0.3) is 0 Å². The van der Waals surface area contributed by atoms with Crippen molar-refractivity contribution in [1.29, 1.82) is 0 Å². The van der Waals surface area contributed by atoms with Gasteiger partial charge in [-0.15, -0.1) is 0 Å². The van der Waals surface area contributed by atoms with Crippen molar-refractivity contribution >= 4 is 5.84 Å². The zero-order chi connectivity index (χ0) is 19.6. The van der Waals surface area contributed by atoms with Crippen LogP contribution in [0.2, 0.25) is 0 Å². The van der Waals surface area contributed by atoms with E-state index >= 15 is 0 Å². The number of hydrogen-bond donors (Lipinski definition) is 0. The molecule has 1 unspecified atom stereocenters. The van der Waals surface area contributed by atoms with Gasteiger partial charge in [0.15, 0.2) is 5.84 Å². The van der Waals surface area contributed by atoms with E-state index in [1.165, 1.54) is 122 Å². The molecule has 0 saturated carbocycles. The van der Waals surface area contributed by atoms with E-state index in [1.807, 2.05) is 0 Å². The topological polar surface area (TPSA) is 12.4 Å². The van der Waals surface area contributed by atoms with E-state index in [0.29, 0.717) is 0 Å². The van der Waals surface area contributed by atoms with Crippen molar-refractivity contribution in [2.24, 2.45) is 4.99 Å². The normalized spacial score (nSPS) is 19.4. The first-order valence-electron chi connectivity index (χ1n) is 12.3. The Bertz CT molecular complexity index is 388.